The van der Waals surface area contributed by atoms with Crippen molar-refractivity contribution in [1.29, 1.82) is 0 Å². The van der Waals surface area contributed by atoms with Gasteiger partial charge in [-0.25, -0.2) is 4.98 Å². The summed E-state index contributed by atoms with van der Waals surface area (Å²) >= 11 is 1.67. The van der Waals surface area contributed by atoms with Gasteiger partial charge in [-0.1, -0.05) is 0 Å². The molecule has 0 amide bonds. The molecule has 0 radical (unpaired) electrons. The Morgan fingerprint density at radius 2 is 2.38 bits per heavy atom. The standard InChI is InChI=1S/C9H16N2OS/c1-7(2)12-5-8-6-13-9(11-8)4-10-3/h6-7,10H,4-5H2,1-3H3. The van der Waals surface area contributed by atoms with Crippen LogP contribution in [0.15, 0.2) is 5.38 Å². The molecule has 13 heavy (non-hydrogen) atoms. The van der Waals surface area contributed by atoms with Crippen molar-refractivity contribution in [3.63, 3.8) is 0 Å². The Morgan fingerprint density at radius 3 is 3.00 bits per heavy atom. The molecule has 0 bridgehead atoms. The molecule has 0 aliphatic rings. The van der Waals surface area contributed by atoms with Crippen LogP contribution < -0.4 is 5.32 Å². The highest BCUT2D eigenvalue weighted by Gasteiger charge is 2.01. The van der Waals surface area contributed by atoms with E-state index in [0.29, 0.717) is 6.61 Å². The van der Waals surface area contributed by atoms with Crippen molar-refractivity contribution < 1.29 is 4.74 Å². The van der Waals surface area contributed by atoms with Gasteiger partial charge < -0.3 is 10.1 Å². The molecule has 0 saturated heterocycles. The van der Waals surface area contributed by atoms with Crippen molar-refractivity contribution in [3.8, 4) is 0 Å². The van der Waals surface area contributed by atoms with Crippen LogP contribution >= 0.6 is 11.3 Å². The molecule has 0 saturated carbocycles. The Kier molecular flexibility index (Phi) is 4.35. The van der Waals surface area contributed by atoms with Gasteiger partial charge in [0.05, 0.1) is 18.4 Å². The van der Waals surface area contributed by atoms with Gasteiger partial charge in [0.1, 0.15) is 5.01 Å². The highest BCUT2D eigenvalue weighted by molar-refractivity contribution is 7.09. The molecule has 1 heterocycles. The van der Waals surface area contributed by atoms with Crippen LogP contribution in [0.25, 0.3) is 0 Å². The third-order valence-corrected chi connectivity index (χ3v) is 2.39. The van der Waals surface area contributed by atoms with Gasteiger partial charge in [0.2, 0.25) is 0 Å². The molecule has 0 aliphatic carbocycles. The van der Waals surface area contributed by atoms with E-state index in [9.17, 15) is 0 Å². The topological polar surface area (TPSA) is 34.2 Å². The number of nitrogens with one attached hydrogen (secondary N) is 1. The van der Waals surface area contributed by atoms with Crippen LogP contribution in [0.5, 0.6) is 0 Å². The minimum atomic E-state index is 0.273. The maximum absolute atomic E-state index is 5.44. The van der Waals surface area contributed by atoms with Crippen LogP contribution in [-0.2, 0) is 17.9 Å². The molecule has 74 valence electrons. The third-order valence-electron chi connectivity index (χ3n) is 1.49. The Hall–Kier alpha value is -0.450. The quantitative estimate of drug-likeness (QED) is 0.787. The molecule has 1 aromatic rings. The number of aromatic nitrogens is 1. The predicted molar refractivity (Wildman–Crippen MR) is 54.8 cm³/mol. The zero-order valence-corrected chi connectivity index (χ0v) is 9.15. The van der Waals surface area contributed by atoms with E-state index in [1.807, 2.05) is 20.9 Å². The van der Waals surface area contributed by atoms with Crippen molar-refractivity contribution in [2.45, 2.75) is 33.1 Å². The first kappa shape index (κ1) is 10.6. The van der Waals surface area contributed by atoms with E-state index < -0.39 is 0 Å². The highest BCUT2D eigenvalue weighted by atomic mass is 32.1. The van der Waals surface area contributed by atoms with Crippen molar-refractivity contribution in [3.05, 3.63) is 16.1 Å². The van der Waals surface area contributed by atoms with E-state index in [0.717, 1.165) is 17.2 Å². The van der Waals surface area contributed by atoms with Crippen LogP contribution in [0.2, 0.25) is 0 Å². The largest absolute Gasteiger partial charge is 0.372 e. The SMILES string of the molecule is CNCc1nc(COC(C)C)cs1. The lowest BCUT2D eigenvalue weighted by atomic mass is 10.4. The fraction of sp³-hybridized carbons (Fsp3) is 0.667. The van der Waals surface area contributed by atoms with E-state index >= 15 is 0 Å². The van der Waals surface area contributed by atoms with Crippen molar-refractivity contribution in [2.75, 3.05) is 7.05 Å². The maximum atomic E-state index is 5.44. The summed E-state index contributed by atoms with van der Waals surface area (Å²) in [5.41, 5.74) is 1.03. The molecule has 0 unspecified atom stereocenters. The van der Waals surface area contributed by atoms with Gasteiger partial charge in [0.15, 0.2) is 0 Å². The molecule has 0 aromatic carbocycles. The minimum Gasteiger partial charge on any atom is -0.372 e. The van der Waals surface area contributed by atoms with Gasteiger partial charge in [0.25, 0.3) is 0 Å². The van der Waals surface area contributed by atoms with Crippen LogP contribution in [-0.4, -0.2) is 18.1 Å². The monoisotopic (exact) mass is 200 g/mol. The molecule has 1 rings (SSSR count). The molecule has 3 nitrogen and oxygen atoms in total. The maximum Gasteiger partial charge on any atom is 0.107 e. The van der Waals surface area contributed by atoms with Gasteiger partial charge in [-0.2, -0.15) is 0 Å². The Labute approximate surface area is 83.1 Å². The van der Waals surface area contributed by atoms with E-state index in [1.165, 1.54) is 0 Å². The van der Waals surface area contributed by atoms with Gasteiger partial charge in [-0.3, -0.25) is 0 Å². The normalized spacial score (nSPS) is 11.1. The van der Waals surface area contributed by atoms with Crippen molar-refractivity contribution >= 4 is 11.3 Å². The van der Waals surface area contributed by atoms with E-state index in [-0.39, 0.29) is 6.10 Å². The van der Waals surface area contributed by atoms with Gasteiger partial charge in [-0.05, 0) is 20.9 Å². The zero-order valence-electron chi connectivity index (χ0n) is 8.33. The van der Waals surface area contributed by atoms with E-state index in [1.54, 1.807) is 11.3 Å². The molecular formula is C9H16N2OS. The first-order valence-electron chi connectivity index (χ1n) is 4.42. The van der Waals surface area contributed by atoms with Gasteiger partial charge >= 0.3 is 0 Å². The lowest BCUT2D eigenvalue weighted by molar-refractivity contribution is 0.0638. The van der Waals surface area contributed by atoms with Gasteiger partial charge in [-0.15, -0.1) is 11.3 Å². The zero-order chi connectivity index (χ0) is 9.68. The molecular weight excluding hydrogens is 184 g/mol. The van der Waals surface area contributed by atoms with Crippen LogP contribution in [0.1, 0.15) is 24.5 Å². The fourth-order valence-corrected chi connectivity index (χ4v) is 1.69. The minimum absolute atomic E-state index is 0.273. The number of nitrogens with zero attached hydrogens (tertiary/aromatic N) is 1. The highest BCUT2D eigenvalue weighted by Crippen LogP contribution is 2.10. The summed E-state index contributed by atoms with van der Waals surface area (Å²) in [6, 6.07) is 0. The molecule has 0 atom stereocenters. The van der Waals surface area contributed by atoms with Crippen LogP contribution in [0, 0.1) is 0 Å². The number of ether oxygens (including phenoxy) is 1. The summed E-state index contributed by atoms with van der Waals surface area (Å²) in [4.78, 5) is 4.40. The average molecular weight is 200 g/mol. The first-order valence-corrected chi connectivity index (χ1v) is 5.30. The average Bonchev–Trinajstić information content (AvgIpc) is 2.50. The van der Waals surface area contributed by atoms with Crippen molar-refractivity contribution in [1.82, 2.24) is 10.3 Å². The summed E-state index contributed by atoms with van der Waals surface area (Å²) < 4.78 is 5.44. The summed E-state index contributed by atoms with van der Waals surface area (Å²) in [6.07, 6.45) is 0.273. The second kappa shape index (κ2) is 5.32. The Bertz CT molecular complexity index is 248. The molecule has 0 fully saturated rings. The van der Waals surface area contributed by atoms with E-state index in [4.69, 9.17) is 4.74 Å². The molecule has 1 N–H and O–H groups in total. The van der Waals surface area contributed by atoms with Crippen molar-refractivity contribution in [2.24, 2.45) is 0 Å². The second-order valence-electron chi connectivity index (χ2n) is 3.12. The Morgan fingerprint density at radius 1 is 1.62 bits per heavy atom. The number of hydrogen-bond acceptors (Lipinski definition) is 4. The number of thiazole rings is 1. The Balaban J connectivity index is 2.39. The second-order valence-corrected chi connectivity index (χ2v) is 4.07. The predicted octanol–water partition coefficient (Wildman–Crippen LogP) is 1.79. The van der Waals surface area contributed by atoms with E-state index in [2.05, 4.69) is 15.7 Å². The fourth-order valence-electron chi connectivity index (χ4n) is 0.900. The lowest BCUT2D eigenvalue weighted by Crippen LogP contribution is -2.05. The molecule has 0 spiro atoms. The van der Waals surface area contributed by atoms with Gasteiger partial charge in [0, 0.05) is 11.9 Å². The number of hydrogen-bond donors (Lipinski definition) is 1. The number of rotatable bonds is 5. The summed E-state index contributed by atoms with van der Waals surface area (Å²) in [6.45, 7) is 5.52. The molecule has 4 heteroatoms. The molecule has 0 aliphatic heterocycles. The van der Waals surface area contributed by atoms with Crippen LogP contribution in [0.4, 0.5) is 0 Å². The third kappa shape index (κ3) is 3.85. The summed E-state index contributed by atoms with van der Waals surface area (Å²) in [5.74, 6) is 0. The summed E-state index contributed by atoms with van der Waals surface area (Å²) in [5, 5.41) is 6.24. The summed E-state index contributed by atoms with van der Waals surface area (Å²) in [7, 11) is 1.92. The molecule has 1 aromatic heterocycles. The first-order chi connectivity index (χ1) is 6.22. The van der Waals surface area contributed by atoms with Crippen LogP contribution in [0.3, 0.4) is 0 Å². The smallest absolute Gasteiger partial charge is 0.107 e. The lowest BCUT2D eigenvalue weighted by Gasteiger charge is -2.04.